The molecule has 1 saturated heterocycles. The molecule has 1 aliphatic rings. The molecule has 2 N–H and O–H groups in total. The summed E-state index contributed by atoms with van der Waals surface area (Å²) in [5.74, 6) is -0.865. The summed E-state index contributed by atoms with van der Waals surface area (Å²) in [6.45, 7) is 2.83. The third kappa shape index (κ3) is 5.55. The lowest BCUT2D eigenvalue weighted by Gasteiger charge is -2.14. The van der Waals surface area contributed by atoms with Gasteiger partial charge in [0.25, 0.3) is 0 Å². The smallest absolute Gasteiger partial charge is 0.178 e. The molecule has 0 atom stereocenters. The van der Waals surface area contributed by atoms with E-state index in [-0.39, 0.29) is 34.8 Å². The van der Waals surface area contributed by atoms with E-state index in [4.69, 9.17) is 0 Å². The van der Waals surface area contributed by atoms with Crippen LogP contribution in [0.5, 0.6) is 0 Å². The fourth-order valence-corrected chi connectivity index (χ4v) is 6.37. The van der Waals surface area contributed by atoms with Crippen LogP contribution in [-0.2, 0) is 22.8 Å². The fourth-order valence-electron chi connectivity index (χ4n) is 5.77. The molecule has 0 amide bonds. The van der Waals surface area contributed by atoms with Gasteiger partial charge in [-0.05, 0) is 73.3 Å². The number of aromatic amines is 2. The molecule has 1 fully saturated rings. The first-order valence-electron chi connectivity index (χ1n) is 14.2. The van der Waals surface area contributed by atoms with E-state index >= 15 is 4.39 Å². The SMILES string of the molecule is CS(=O)(=O)CCc1cc(F)cc(-c2ccnc3nc(-c4n[nH]c5cnc(-c6cncc(CN7CCCC7)c6)c(F)c45)[nH]c23)c1. The molecule has 0 saturated carbocycles. The fraction of sp³-hybridized carbons (Fsp3) is 0.258. The predicted molar refractivity (Wildman–Crippen MR) is 163 cm³/mol. The van der Waals surface area contributed by atoms with Gasteiger partial charge in [0.15, 0.2) is 17.3 Å². The molecular weight excluding hydrogens is 586 g/mol. The topological polar surface area (TPSA) is 133 Å². The maximum atomic E-state index is 16.2. The Morgan fingerprint density at radius 3 is 2.59 bits per heavy atom. The van der Waals surface area contributed by atoms with E-state index in [1.807, 2.05) is 6.07 Å². The molecule has 44 heavy (non-hydrogen) atoms. The van der Waals surface area contributed by atoms with Gasteiger partial charge in [-0.3, -0.25) is 20.0 Å². The molecule has 13 heteroatoms. The highest BCUT2D eigenvalue weighted by molar-refractivity contribution is 7.90. The Labute approximate surface area is 251 Å². The van der Waals surface area contributed by atoms with Gasteiger partial charge in [-0.15, -0.1) is 0 Å². The molecule has 7 rings (SSSR count). The lowest BCUT2D eigenvalue weighted by molar-refractivity contribution is 0.331. The number of hydrogen-bond acceptors (Lipinski definition) is 8. The minimum Gasteiger partial charge on any atom is -0.335 e. The molecule has 5 aromatic heterocycles. The van der Waals surface area contributed by atoms with Crippen molar-refractivity contribution >= 4 is 31.9 Å². The summed E-state index contributed by atoms with van der Waals surface area (Å²) in [6, 6.07) is 8.08. The van der Waals surface area contributed by atoms with Gasteiger partial charge in [-0.25, -0.2) is 27.2 Å². The van der Waals surface area contributed by atoms with E-state index in [1.165, 1.54) is 31.2 Å². The van der Waals surface area contributed by atoms with Crippen molar-refractivity contribution in [1.29, 1.82) is 0 Å². The first-order valence-corrected chi connectivity index (χ1v) is 16.3. The number of H-pyrrole nitrogens is 2. The van der Waals surface area contributed by atoms with Gasteiger partial charge >= 0.3 is 0 Å². The Morgan fingerprint density at radius 1 is 0.955 bits per heavy atom. The van der Waals surface area contributed by atoms with Crippen molar-refractivity contribution < 1.29 is 17.2 Å². The molecular formula is C31H28F2N8O2S. The first-order chi connectivity index (χ1) is 21.2. The van der Waals surface area contributed by atoms with Gasteiger partial charge in [0.05, 0.1) is 28.4 Å². The molecule has 0 unspecified atom stereocenters. The van der Waals surface area contributed by atoms with Crippen LogP contribution in [0.15, 0.2) is 55.1 Å². The number of benzene rings is 1. The van der Waals surface area contributed by atoms with Crippen LogP contribution in [0.1, 0.15) is 24.0 Å². The predicted octanol–water partition coefficient (Wildman–Crippen LogP) is 5.09. The average Bonchev–Trinajstić information content (AvgIpc) is 3.75. The Morgan fingerprint density at radius 2 is 1.77 bits per heavy atom. The van der Waals surface area contributed by atoms with Crippen LogP contribution in [0.25, 0.3) is 56.0 Å². The number of nitrogens with one attached hydrogen (secondary N) is 2. The summed E-state index contributed by atoms with van der Waals surface area (Å²) in [5, 5.41) is 7.42. The van der Waals surface area contributed by atoms with Crippen LogP contribution in [-0.4, -0.2) is 73.5 Å². The lowest BCUT2D eigenvalue weighted by Crippen LogP contribution is -2.18. The summed E-state index contributed by atoms with van der Waals surface area (Å²) in [5.41, 5.74) is 4.90. The highest BCUT2D eigenvalue weighted by atomic mass is 32.2. The number of halogens is 2. The average molecular weight is 615 g/mol. The number of aromatic nitrogens is 7. The summed E-state index contributed by atoms with van der Waals surface area (Å²) in [6.07, 6.45) is 10.2. The van der Waals surface area contributed by atoms with Gasteiger partial charge < -0.3 is 4.98 Å². The standard InChI is InChI=1S/C31H28F2N8O2S/c1-44(42,43)9-5-18-10-20(13-22(32)12-18)23-4-6-35-30-28(23)37-31(38-30)29-25-24(39-40-29)16-36-27(26(25)33)21-11-19(14-34-15-21)17-41-7-2-3-8-41/h4,6,10-16H,2-3,5,7-9,17H2,1H3,(H,39,40)(H,35,37,38). The quantitative estimate of drug-likeness (QED) is 0.242. The van der Waals surface area contributed by atoms with Gasteiger partial charge in [-0.1, -0.05) is 6.07 Å². The number of fused-ring (bicyclic) bond motifs is 2. The van der Waals surface area contributed by atoms with E-state index < -0.39 is 21.5 Å². The number of likely N-dealkylation sites (tertiary alicyclic amines) is 1. The van der Waals surface area contributed by atoms with Crippen molar-refractivity contribution in [2.24, 2.45) is 0 Å². The first kappa shape index (κ1) is 28.2. The molecule has 0 spiro atoms. The van der Waals surface area contributed by atoms with Crippen molar-refractivity contribution in [2.75, 3.05) is 25.1 Å². The highest BCUT2D eigenvalue weighted by Crippen LogP contribution is 2.34. The van der Waals surface area contributed by atoms with Crippen LogP contribution in [0, 0.1) is 11.6 Å². The summed E-state index contributed by atoms with van der Waals surface area (Å²) < 4.78 is 54.2. The second kappa shape index (κ2) is 11.1. The molecule has 1 aliphatic heterocycles. The molecule has 0 bridgehead atoms. The highest BCUT2D eigenvalue weighted by Gasteiger charge is 2.22. The summed E-state index contributed by atoms with van der Waals surface area (Å²) in [7, 11) is -3.22. The monoisotopic (exact) mass is 614 g/mol. The van der Waals surface area contributed by atoms with Crippen LogP contribution >= 0.6 is 0 Å². The number of nitrogens with zero attached hydrogens (tertiary/aromatic N) is 6. The number of sulfone groups is 1. The number of rotatable bonds is 8. The van der Waals surface area contributed by atoms with Gasteiger partial charge in [0.2, 0.25) is 0 Å². The molecule has 1 aromatic carbocycles. The van der Waals surface area contributed by atoms with Crippen LogP contribution in [0.4, 0.5) is 8.78 Å². The molecule has 6 aromatic rings. The van der Waals surface area contributed by atoms with Crippen molar-refractivity contribution in [1.82, 2.24) is 40.0 Å². The Kier molecular flexibility index (Phi) is 7.13. The van der Waals surface area contributed by atoms with Crippen molar-refractivity contribution in [3.8, 4) is 33.9 Å². The van der Waals surface area contributed by atoms with Crippen molar-refractivity contribution in [2.45, 2.75) is 25.8 Å². The second-order valence-corrected chi connectivity index (χ2v) is 13.5. The van der Waals surface area contributed by atoms with E-state index in [0.717, 1.165) is 31.5 Å². The Hall–Kier alpha value is -4.62. The van der Waals surface area contributed by atoms with E-state index in [2.05, 4.69) is 40.0 Å². The minimum absolute atomic E-state index is 0.0940. The zero-order valence-electron chi connectivity index (χ0n) is 23.8. The summed E-state index contributed by atoms with van der Waals surface area (Å²) >= 11 is 0. The minimum atomic E-state index is -3.22. The molecule has 224 valence electrons. The van der Waals surface area contributed by atoms with Gasteiger partial charge in [0, 0.05) is 42.5 Å². The number of imidazole rings is 1. The normalized spacial score (nSPS) is 14.2. The number of hydrogen-bond donors (Lipinski definition) is 2. The number of pyridine rings is 3. The Balaban J connectivity index is 1.27. The van der Waals surface area contributed by atoms with Crippen molar-refractivity contribution in [3.63, 3.8) is 0 Å². The van der Waals surface area contributed by atoms with Crippen LogP contribution in [0.3, 0.4) is 0 Å². The third-order valence-electron chi connectivity index (χ3n) is 7.86. The third-order valence-corrected chi connectivity index (χ3v) is 8.81. The summed E-state index contributed by atoms with van der Waals surface area (Å²) in [4.78, 5) is 23.3. The van der Waals surface area contributed by atoms with E-state index in [0.29, 0.717) is 38.9 Å². The van der Waals surface area contributed by atoms with Gasteiger partial charge in [0.1, 0.15) is 27.0 Å². The zero-order valence-corrected chi connectivity index (χ0v) is 24.6. The lowest BCUT2D eigenvalue weighted by atomic mass is 10.0. The van der Waals surface area contributed by atoms with Crippen LogP contribution < -0.4 is 0 Å². The van der Waals surface area contributed by atoms with E-state index in [9.17, 15) is 12.8 Å². The van der Waals surface area contributed by atoms with E-state index in [1.54, 1.807) is 30.7 Å². The number of aryl methyl sites for hydroxylation is 1. The zero-order chi connectivity index (χ0) is 30.4. The van der Waals surface area contributed by atoms with Gasteiger partial charge in [-0.2, -0.15) is 5.10 Å². The largest absolute Gasteiger partial charge is 0.335 e. The Bertz CT molecular complexity index is 2140. The second-order valence-electron chi connectivity index (χ2n) is 11.2. The molecule has 10 nitrogen and oxygen atoms in total. The van der Waals surface area contributed by atoms with Crippen LogP contribution in [0.2, 0.25) is 0 Å². The maximum absolute atomic E-state index is 16.2. The molecule has 6 heterocycles. The maximum Gasteiger partial charge on any atom is 0.178 e. The molecule has 0 aliphatic carbocycles. The molecule has 0 radical (unpaired) electrons. The van der Waals surface area contributed by atoms with Crippen molar-refractivity contribution in [3.05, 3.63) is 77.9 Å².